The molecule has 2 bridgehead atoms. The standard InChI is InChI=1S/C20H24N2O/c21-17-7-9-18(10-8-17)23-20-12-16-6-11-19(20)22(14-16)13-15-4-2-1-3-5-15/h1-5,7-10,16,19-20H,6,11-14,21H2/t16?,19-,20?/m0/s1. The number of anilines is 1. The first-order valence-electron chi connectivity index (χ1n) is 8.58. The lowest BCUT2D eigenvalue weighted by Gasteiger charge is -2.49. The zero-order valence-corrected chi connectivity index (χ0v) is 13.4. The maximum atomic E-state index is 6.31. The fraction of sp³-hybridized carbons (Fsp3) is 0.400. The molecule has 23 heavy (non-hydrogen) atoms. The van der Waals surface area contributed by atoms with Gasteiger partial charge in [-0.25, -0.2) is 0 Å². The van der Waals surface area contributed by atoms with Crippen LogP contribution >= 0.6 is 0 Å². The zero-order valence-electron chi connectivity index (χ0n) is 13.4. The predicted molar refractivity (Wildman–Crippen MR) is 93.3 cm³/mol. The molecule has 0 radical (unpaired) electrons. The van der Waals surface area contributed by atoms with Crippen LogP contribution in [0.25, 0.3) is 0 Å². The topological polar surface area (TPSA) is 38.5 Å². The smallest absolute Gasteiger partial charge is 0.119 e. The summed E-state index contributed by atoms with van der Waals surface area (Å²) < 4.78 is 6.31. The quantitative estimate of drug-likeness (QED) is 0.875. The van der Waals surface area contributed by atoms with Crippen LogP contribution in [0.5, 0.6) is 5.75 Å². The SMILES string of the molecule is Nc1ccc(OC2CC3CC[C@@H]2N(Cc2ccccc2)C3)cc1. The third kappa shape index (κ3) is 3.20. The summed E-state index contributed by atoms with van der Waals surface area (Å²) in [6.07, 6.45) is 4.07. The second-order valence-electron chi connectivity index (χ2n) is 6.89. The first-order chi connectivity index (χ1) is 11.3. The molecule has 2 heterocycles. The van der Waals surface area contributed by atoms with Gasteiger partial charge >= 0.3 is 0 Å². The molecule has 2 aromatic carbocycles. The minimum Gasteiger partial charge on any atom is -0.489 e. The van der Waals surface area contributed by atoms with E-state index in [0.717, 1.165) is 23.9 Å². The van der Waals surface area contributed by atoms with E-state index in [1.165, 1.54) is 31.4 Å². The van der Waals surface area contributed by atoms with E-state index in [9.17, 15) is 0 Å². The molecule has 2 saturated heterocycles. The van der Waals surface area contributed by atoms with Gasteiger partial charge in [-0.1, -0.05) is 30.3 Å². The van der Waals surface area contributed by atoms with E-state index in [2.05, 4.69) is 35.2 Å². The number of ether oxygens (including phenoxy) is 1. The molecule has 2 N–H and O–H groups in total. The van der Waals surface area contributed by atoms with Crippen molar-refractivity contribution in [3.05, 3.63) is 60.2 Å². The number of rotatable bonds is 4. The lowest BCUT2D eigenvalue weighted by molar-refractivity contribution is -0.0460. The molecule has 3 fully saturated rings. The van der Waals surface area contributed by atoms with Crippen LogP contribution < -0.4 is 10.5 Å². The van der Waals surface area contributed by atoms with Crippen LogP contribution in [-0.2, 0) is 6.54 Å². The molecule has 2 unspecified atom stereocenters. The van der Waals surface area contributed by atoms with E-state index in [1.807, 2.05) is 24.3 Å². The molecule has 1 aliphatic carbocycles. The van der Waals surface area contributed by atoms with Gasteiger partial charge in [0, 0.05) is 24.8 Å². The van der Waals surface area contributed by atoms with Crippen molar-refractivity contribution in [2.24, 2.45) is 5.92 Å². The van der Waals surface area contributed by atoms with Crippen LogP contribution in [0.4, 0.5) is 5.69 Å². The summed E-state index contributed by atoms with van der Waals surface area (Å²) in [5.41, 5.74) is 7.94. The normalized spacial score (nSPS) is 27.0. The van der Waals surface area contributed by atoms with E-state index >= 15 is 0 Å². The Morgan fingerprint density at radius 1 is 1.00 bits per heavy atom. The lowest BCUT2D eigenvalue weighted by atomic mass is 9.77. The highest BCUT2D eigenvalue weighted by Gasteiger charge is 2.41. The molecule has 3 aliphatic rings. The van der Waals surface area contributed by atoms with Crippen molar-refractivity contribution in [1.29, 1.82) is 0 Å². The second-order valence-corrected chi connectivity index (χ2v) is 6.89. The molecule has 0 spiro atoms. The van der Waals surface area contributed by atoms with Crippen molar-refractivity contribution in [3.8, 4) is 5.75 Å². The number of fused-ring (bicyclic) bond motifs is 3. The predicted octanol–water partition coefficient (Wildman–Crippen LogP) is 3.70. The highest BCUT2D eigenvalue weighted by molar-refractivity contribution is 5.41. The number of hydrogen-bond acceptors (Lipinski definition) is 3. The van der Waals surface area contributed by atoms with Gasteiger partial charge in [-0.05, 0) is 55.0 Å². The van der Waals surface area contributed by atoms with E-state index in [1.54, 1.807) is 0 Å². The number of nitrogen functional groups attached to an aromatic ring is 1. The summed E-state index contributed by atoms with van der Waals surface area (Å²) in [6.45, 7) is 2.24. The van der Waals surface area contributed by atoms with Gasteiger partial charge in [0.15, 0.2) is 0 Å². The Morgan fingerprint density at radius 2 is 1.78 bits per heavy atom. The summed E-state index contributed by atoms with van der Waals surface area (Å²) in [5.74, 6) is 1.71. The maximum absolute atomic E-state index is 6.31. The summed E-state index contributed by atoms with van der Waals surface area (Å²) in [5, 5.41) is 0. The van der Waals surface area contributed by atoms with E-state index in [4.69, 9.17) is 10.5 Å². The van der Waals surface area contributed by atoms with Gasteiger partial charge in [-0.2, -0.15) is 0 Å². The van der Waals surface area contributed by atoms with Crippen molar-refractivity contribution in [2.45, 2.75) is 38.0 Å². The molecular weight excluding hydrogens is 284 g/mol. The highest BCUT2D eigenvalue weighted by Crippen LogP contribution is 2.38. The number of piperidine rings is 2. The summed E-state index contributed by atoms with van der Waals surface area (Å²) in [6, 6.07) is 19.1. The number of nitrogens with two attached hydrogens (primary N) is 1. The van der Waals surface area contributed by atoms with Gasteiger partial charge in [0.1, 0.15) is 11.9 Å². The van der Waals surface area contributed by atoms with Crippen LogP contribution in [0.1, 0.15) is 24.8 Å². The van der Waals surface area contributed by atoms with Crippen LogP contribution in [0, 0.1) is 5.92 Å². The molecule has 2 aliphatic heterocycles. The monoisotopic (exact) mass is 308 g/mol. The lowest BCUT2D eigenvalue weighted by Crippen LogP contribution is -2.56. The Bertz CT molecular complexity index is 640. The molecule has 120 valence electrons. The minimum atomic E-state index is 0.301. The molecule has 5 rings (SSSR count). The summed E-state index contributed by atoms with van der Waals surface area (Å²) in [4.78, 5) is 2.62. The third-order valence-corrected chi connectivity index (χ3v) is 5.22. The Hall–Kier alpha value is -2.00. The third-order valence-electron chi connectivity index (χ3n) is 5.22. The van der Waals surface area contributed by atoms with Crippen molar-refractivity contribution in [3.63, 3.8) is 0 Å². The summed E-state index contributed by atoms with van der Waals surface area (Å²) >= 11 is 0. The van der Waals surface area contributed by atoms with E-state index in [0.29, 0.717) is 12.1 Å². The Kier molecular flexibility index (Phi) is 3.96. The Morgan fingerprint density at radius 3 is 2.52 bits per heavy atom. The van der Waals surface area contributed by atoms with Gasteiger partial charge in [0.25, 0.3) is 0 Å². The molecule has 0 amide bonds. The van der Waals surface area contributed by atoms with Gasteiger partial charge in [-0.15, -0.1) is 0 Å². The van der Waals surface area contributed by atoms with Crippen LogP contribution in [0.2, 0.25) is 0 Å². The average molecular weight is 308 g/mol. The fourth-order valence-electron chi connectivity index (χ4n) is 4.09. The first kappa shape index (κ1) is 14.6. The van der Waals surface area contributed by atoms with E-state index in [-0.39, 0.29) is 0 Å². The number of hydrogen-bond donors (Lipinski definition) is 1. The molecule has 3 nitrogen and oxygen atoms in total. The largest absolute Gasteiger partial charge is 0.489 e. The van der Waals surface area contributed by atoms with Crippen LogP contribution in [-0.4, -0.2) is 23.6 Å². The fourth-order valence-corrected chi connectivity index (χ4v) is 4.09. The molecule has 3 atom stereocenters. The van der Waals surface area contributed by atoms with Gasteiger partial charge in [-0.3, -0.25) is 4.90 Å². The average Bonchev–Trinajstić information content (AvgIpc) is 2.58. The number of benzene rings is 2. The van der Waals surface area contributed by atoms with Crippen molar-refractivity contribution in [2.75, 3.05) is 12.3 Å². The van der Waals surface area contributed by atoms with Gasteiger partial charge in [0.05, 0.1) is 0 Å². The summed E-state index contributed by atoms with van der Waals surface area (Å²) in [7, 11) is 0. The molecular formula is C20H24N2O. The van der Waals surface area contributed by atoms with Crippen molar-refractivity contribution >= 4 is 5.69 Å². The Labute approximate surface area is 138 Å². The minimum absolute atomic E-state index is 0.301. The molecule has 0 aromatic heterocycles. The van der Waals surface area contributed by atoms with Crippen LogP contribution in [0.15, 0.2) is 54.6 Å². The molecule has 3 heteroatoms. The van der Waals surface area contributed by atoms with Crippen molar-refractivity contribution in [1.82, 2.24) is 4.90 Å². The first-order valence-corrected chi connectivity index (χ1v) is 8.58. The zero-order chi connectivity index (χ0) is 15.6. The molecule has 2 aromatic rings. The van der Waals surface area contributed by atoms with Crippen LogP contribution in [0.3, 0.4) is 0 Å². The number of nitrogens with zero attached hydrogens (tertiary/aromatic N) is 1. The maximum Gasteiger partial charge on any atom is 0.119 e. The molecule has 1 saturated carbocycles. The van der Waals surface area contributed by atoms with Gasteiger partial charge < -0.3 is 10.5 Å². The highest BCUT2D eigenvalue weighted by atomic mass is 16.5. The second kappa shape index (κ2) is 6.25. The van der Waals surface area contributed by atoms with Gasteiger partial charge in [0.2, 0.25) is 0 Å². The van der Waals surface area contributed by atoms with Crippen molar-refractivity contribution < 1.29 is 4.74 Å². The Balaban J connectivity index is 1.47. The van der Waals surface area contributed by atoms with E-state index < -0.39 is 0 Å².